The molecular formula is C24H17F3N6O2S. The Morgan fingerprint density at radius 2 is 1.81 bits per heavy atom. The van der Waals surface area contributed by atoms with E-state index in [-0.39, 0.29) is 23.2 Å². The zero-order chi connectivity index (χ0) is 25.4. The third-order valence-electron chi connectivity index (χ3n) is 5.11. The average Bonchev–Trinajstić information content (AvgIpc) is 3.28. The number of amides is 1. The van der Waals surface area contributed by atoms with E-state index in [1.54, 1.807) is 12.1 Å². The van der Waals surface area contributed by atoms with E-state index in [4.69, 9.17) is 5.73 Å². The molecule has 12 heteroatoms. The number of rotatable bonds is 5. The maximum atomic E-state index is 13.0. The number of carbonyl (C=O) groups is 1. The van der Waals surface area contributed by atoms with Crippen molar-refractivity contribution in [1.29, 1.82) is 0 Å². The maximum Gasteiger partial charge on any atom is 0.573 e. The van der Waals surface area contributed by atoms with Gasteiger partial charge in [-0.05, 0) is 54.1 Å². The zero-order valence-electron chi connectivity index (χ0n) is 18.6. The number of alkyl halides is 3. The molecule has 0 atom stereocenters. The molecule has 0 radical (unpaired) electrons. The molecule has 0 unspecified atom stereocenters. The second-order valence-corrected chi connectivity index (χ2v) is 8.72. The van der Waals surface area contributed by atoms with Gasteiger partial charge in [0.05, 0.1) is 10.2 Å². The van der Waals surface area contributed by atoms with Gasteiger partial charge in [0.15, 0.2) is 0 Å². The van der Waals surface area contributed by atoms with Crippen LogP contribution >= 0.6 is 11.3 Å². The Hall–Kier alpha value is -4.45. The summed E-state index contributed by atoms with van der Waals surface area (Å²) in [6, 6.07) is 14.4. The molecule has 5 rings (SSSR count). The van der Waals surface area contributed by atoms with Gasteiger partial charge in [-0.15, -0.1) is 24.5 Å². The van der Waals surface area contributed by atoms with Crippen LogP contribution in [0.25, 0.3) is 21.0 Å². The van der Waals surface area contributed by atoms with Gasteiger partial charge >= 0.3 is 6.36 Å². The molecule has 2 aromatic carbocycles. The van der Waals surface area contributed by atoms with Crippen molar-refractivity contribution in [3.05, 3.63) is 71.4 Å². The second kappa shape index (κ2) is 8.96. The Bertz CT molecular complexity index is 1600. The molecule has 3 heterocycles. The number of hydrogen-bond donors (Lipinski definition) is 3. The topological polar surface area (TPSA) is 115 Å². The summed E-state index contributed by atoms with van der Waals surface area (Å²) in [5.41, 5.74) is 8.01. The van der Waals surface area contributed by atoms with Gasteiger partial charge < -0.3 is 21.1 Å². The smallest absolute Gasteiger partial charge is 0.406 e. The Morgan fingerprint density at radius 1 is 1.03 bits per heavy atom. The summed E-state index contributed by atoms with van der Waals surface area (Å²) in [5.74, 6) is -0.202. The highest BCUT2D eigenvalue weighted by molar-refractivity contribution is 7.17. The summed E-state index contributed by atoms with van der Waals surface area (Å²) >= 11 is 1.38. The largest absolute Gasteiger partial charge is 0.573 e. The molecule has 8 nitrogen and oxygen atoms in total. The van der Waals surface area contributed by atoms with Gasteiger partial charge in [0, 0.05) is 11.1 Å². The number of carbonyl (C=O) groups excluding carboxylic acids is 1. The fraction of sp³-hybridized carbons (Fsp3) is 0.0833. The number of aryl methyl sites for hydroxylation is 1. The van der Waals surface area contributed by atoms with Gasteiger partial charge in [0.1, 0.15) is 23.2 Å². The van der Waals surface area contributed by atoms with Crippen LogP contribution in [0.2, 0.25) is 0 Å². The predicted octanol–water partition coefficient (Wildman–Crippen LogP) is 6.02. The number of ether oxygens (including phenoxy) is 1. The van der Waals surface area contributed by atoms with Crippen LogP contribution in [-0.2, 0) is 0 Å². The first-order valence-electron chi connectivity index (χ1n) is 10.5. The number of hydrogen-bond acceptors (Lipinski definition) is 8. The van der Waals surface area contributed by atoms with Crippen LogP contribution in [0.15, 0.2) is 60.0 Å². The van der Waals surface area contributed by atoms with E-state index in [1.165, 1.54) is 35.6 Å². The Morgan fingerprint density at radius 3 is 2.56 bits per heavy atom. The first-order chi connectivity index (χ1) is 17.1. The number of fused-ring (bicyclic) bond motifs is 2. The Balaban J connectivity index is 1.46. The molecule has 3 aromatic heterocycles. The summed E-state index contributed by atoms with van der Waals surface area (Å²) in [6.45, 7) is 1.93. The molecule has 0 aliphatic heterocycles. The standard InChI is InChI=1S/C24H17F3N6O2S/c1-12-2-7-16-13(10-12)11-18(29-14-3-5-15(6-4-14)35-24(25,26)27)31-21(16)33-23(34)22-30-17-8-9-36-19(17)20(28)32-22/h2-11H,1H3,(H2,28,30,32)(H2,29,31,33,34). The van der Waals surface area contributed by atoms with Crippen LogP contribution in [0.4, 0.5) is 36.3 Å². The Kier molecular flexibility index (Phi) is 5.80. The SMILES string of the molecule is Cc1ccc2c(NC(=O)c3nc(N)c4sccc4n3)nc(Nc3ccc(OC(F)(F)F)cc3)cc2c1. The molecule has 4 N–H and O–H groups in total. The highest BCUT2D eigenvalue weighted by atomic mass is 32.1. The molecule has 0 aliphatic carbocycles. The summed E-state index contributed by atoms with van der Waals surface area (Å²) in [5, 5.41) is 9.07. The second-order valence-electron chi connectivity index (χ2n) is 7.80. The number of benzene rings is 2. The van der Waals surface area contributed by atoms with Crippen molar-refractivity contribution in [1.82, 2.24) is 15.0 Å². The third-order valence-corrected chi connectivity index (χ3v) is 6.04. The minimum absolute atomic E-state index is 0.0981. The van der Waals surface area contributed by atoms with Gasteiger partial charge in [-0.2, -0.15) is 0 Å². The summed E-state index contributed by atoms with van der Waals surface area (Å²) in [7, 11) is 0. The monoisotopic (exact) mass is 510 g/mol. The van der Waals surface area contributed by atoms with Crippen molar-refractivity contribution in [3.63, 3.8) is 0 Å². The number of thiophene rings is 1. The number of nitrogen functional groups attached to an aromatic ring is 1. The molecule has 0 saturated heterocycles. The van der Waals surface area contributed by atoms with E-state index in [2.05, 4.69) is 30.3 Å². The lowest BCUT2D eigenvalue weighted by molar-refractivity contribution is -0.274. The third kappa shape index (κ3) is 4.98. The molecular weight excluding hydrogens is 493 g/mol. The van der Waals surface area contributed by atoms with Gasteiger partial charge in [0.25, 0.3) is 5.91 Å². The summed E-state index contributed by atoms with van der Waals surface area (Å²) < 4.78 is 41.9. The molecule has 0 spiro atoms. The van der Waals surface area contributed by atoms with Crippen molar-refractivity contribution >= 4 is 61.4 Å². The number of aromatic nitrogens is 3. The lowest BCUT2D eigenvalue weighted by atomic mass is 10.1. The van der Waals surface area contributed by atoms with E-state index in [1.807, 2.05) is 30.5 Å². The van der Waals surface area contributed by atoms with Crippen molar-refractivity contribution in [3.8, 4) is 5.75 Å². The van der Waals surface area contributed by atoms with Crippen LogP contribution in [0, 0.1) is 6.92 Å². The predicted molar refractivity (Wildman–Crippen MR) is 133 cm³/mol. The number of nitrogens with two attached hydrogens (primary N) is 1. The highest BCUT2D eigenvalue weighted by Crippen LogP contribution is 2.30. The van der Waals surface area contributed by atoms with E-state index in [0.29, 0.717) is 27.1 Å². The van der Waals surface area contributed by atoms with Crippen molar-refractivity contribution in [2.45, 2.75) is 13.3 Å². The molecule has 182 valence electrons. The first-order valence-corrected chi connectivity index (χ1v) is 11.4. The minimum atomic E-state index is -4.78. The number of nitrogens with zero attached hydrogens (tertiary/aromatic N) is 3. The van der Waals surface area contributed by atoms with Crippen LogP contribution in [0.1, 0.15) is 16.2 Å². The van der Waals surface area contributed by atoms with Crippen LogP contribution in [-0.4, -0.2) is 27.2 Å². The minimum Gasteiger partial charge on any atom is -0.406 e. The van der Waals surface area contributed by atoms with Gasteiger partial charge in [-0.25, -0.2) is 15.0 Å². The normalized spacial score (nSPS) is 11.6. The summed E-state index contributed by atoms with van der Waals surface area (Å²) in [4.78, 5) is 25.9. The molecule has 0 saturated carbocycles. The fourth-order valence-electron chi connectivity index (χ4n) is 3.58. The maximum absolute atomic E-state index is 13.0. The highest BCUT2D eigenvalue weighted by Gasteiger charge is 2.31. The van der Waals surface area contributed by atoms with Gasteiger partial charge in [0.2, 0.25) is 5.82 Å². The van der Waals surface area contributed by atoms with Crippen molar-refractivity contribution in [2.24, 2.45) is 0 Å². The Labute approximate surface area is 206 Å². The molecule has 0 fully saturated rings. The molecule has 36 heavy (non-hydrogen) atoms. The lowest BCUT2D eigenvalue weighted by Gasteiger charge is -2.13. The van der Waals surface area contributed by atoms with E-state index >= 15 is 0 Å². The van der Waals surface area contributed by atoms with Crippen LogP contribution < -0.4 is 21.1 Å². The quantitative estimate of drug-likeness (QED) is 0.265. The fourth-order valence-corrected chi connectivity index (χ4v) is 4.31. The van der Waals surface area contributed by atoms with Crippen molar-refractivity contribution < 1.29 is 22.7 Å². The number of nitrogens with one attached hydrogen (secondary N) is 2. The van der Waals surface area contributed by atoms with Gasteiger partial charge in [-0.1, -0.05) is 23.8 Å². The zero-order valence-corrected chi connectivity index (χ0v) is 19.4. The molecule has 1 amide bonds. The average molecular weight is 511 g/mol. The van der Waals surface area contributed by atoms with Crippen LogP contribution in [0.5, 0.6) is 5.75 Å². The van der Waals surface area contributed by atoms with Crippen LogP contribution in [0.3, 0.4) is 0 Å². The van der Waals surface area contributed by atoms with E-state index < -0.39 is 12.3 Å². The van der Waals surface area contributed by atoms with E-state index in [9.17, 15) is 18.0 Å². The van der Waals surface area contributed by atoms with Crippen molar-refractivity contribution in [2.75, 3.05) is 16.4 Å². The molecule has 0 aliphatic rings. The van der Waals surface area contributed by atoms with E-state index in [0.717, 1.165) is 10.9 Å². The molecule has 5 aromatic rings. The first kappa shape index (κ1) is 23.3. The molecule has 0 bridgehead atoms. The number of pyridine rings is 1. The summed E-state index contributed by atoms with van der Waals surface area (Å²) in [6.07, 6.45) is -4.78. The number of anilines is 4. The van der Waals surface area contributed by atoms with Gasteiger partial charge in [-0.3, -0.25) is 4.79 Å². The number of halogens is 3. The lowest BCUT2D eigenvalue weighted by Crippen LogP contribution is -2.18.